The molecule has 2 N–H and O–H groups in total. The van der Waals surface area contributed by atoms with Crippen LogP contribution in [-0.2, 0) is 0 Å². The van der Waals surface area contributed by atoms with Gasteiger partial charge in [-0.1, -0.05) is 40.1 Å². The molecule has 0 aliphatic carbocycles. The smallest absolute Gasteiger partial charge is 0.231 e. The Bertz CT molecular complexity index is 484. The zero-order valence-corrected chi connectivity index (χ0v) is 10.4. The van der Waals surface area contributed by atoms with E-state index >= 15 is 0 Å². The Morgan fingerprint density at radius 1 is 1.50 bits per heavy atom. The number of benzene rings is 1. The Labute approximate surface area is 102 Å². The van der Waals surface area contributed by atoms with Gasteiger partial charge in [0.15, 0.2) is 0 Å². The van der Waals surface area contributed by atoms with Crippen molar-refractivity contribution < 1.29 is 4.52 Å². The van der Waals surface area contributed by atoms with E-state index in [1.54, 1.807) is 0 Å². The molecule has 1 atom stereocenters. The molecular formula is C11H12BrN3O. The van der Waals surface area contributed by atoms with Gasteiger partial charge in [0, 0.05) is 22.5 Å². The predicted molar refractivity (Wildman–Crippen MR) is 64.9 cm³/mol. The van der Waals surface area contributed by atoms with E-state index in [0.717, 1.165) is 10.0 Å². The first-order valence-corrected chi connectivity index (χ1v) is 5.79. The number of hydrogen-bond acceptors (Lipinski definition) is 4. The van der Waals surface area contributed by atoms with Crippen LogP contribution >= 0.6 is 15.9 Å². The lowest BCUT2D eigenvalue weighted by molar-refractivity contribution is 0.361. The second-order valence-corrected chi connectivity index (χ2v) is 4.52. The second kappa shape index (κ2) is 4.76. The van der Waals surface area contributed by atoms with Crippen LogP contribution in [-0.4, -0.2) is 16.7 Å². The number of rotatable bonds is 3. The van der Waals surface area contributed by atoms with Gasteiger partial charge in [-0.3, -0.25) is 0 Å². The summed E-state index contributed by atoms with van der Waals surface area (Å²) in [6, 6.07) is 7.77. The topological polar surface area (TPSA) is 64.9 Å². The van der Waals surface area contributed by atoms with Crippen molar-refractivity contribution in [3.63, 3.8) is 0 Å². The summed E-state index contributed by atoms with van der Waals surface area (Å²) in [5.41, 5.74) is 6.47. The van der Waals surface area contributed by atoms with Crippen LogP contribution in [0.2, 0.25) is 0 Å². The molecule has 1 unspecified atom stereocenters. The van der Waals surface area contributed by atoms with Crippen LogP contribution in [0.1, 0.15) is 18.7 Å². The Hall–Kier alpha value is -1.20. The van der Waals surface area contributed by atoms with Crippen LogP contribution in [0.4, 0.5) is 0 Å². The summed E-state index contributed by atoms with van der Waals surface area (Å²) in [4.78, 5) is 4.31. The van der Waals surface area contributed by atoms with Crippen LogP contribution in [0, 0.1) is 0 Å². The van der Waals surface area contributed by atoms with Gasteiger partial charge in [0.1, 0.15) is 0 Å². The first kappa shape index (κ1) is 11.3. The van der Waals surface area contributed by atoms with Crippen molar-refractivity contribution in [1.82, 2.24) is 10.1 Å². The van der Waals surface area contributed by atoms with E-state index in [-0.39, 0.29) is 5.92 Å². The van der Waals surface area contributed by atoms with Crippen molar-refractivity contribution in [2.45, 2.75) is 12.8 Å². The summed E-state index contributed by atoms with van der Waals surface area (Å²) in [6.45, 7) is 2.46. The summed E-state index contributed by atoms with van der Waals surface area (Å²) in [7, 11) is 0. The zero-order chi connectivity index (χ0) is 11.5. The fourth-order valence-corrected chi connectivity index (χ4v) is 1.68. The molecule has 0 radical (unpaired) electrons. The van der Waals surface area contributed by atoms with Gasteiger partial charge in [-0.15, -0.1) is 0 Å². The number of aromatic nitrogens is 2. The molecule has 0 aliphatic heterocycles. The van der Waals surface area contributed by atoms with Crippen LogP contribution in [0.25, 0.3) is 11.4 Å². The lowest BCUT2D eigenvalue weighted by atomic mass is 10.2. The summed E-state index contributed by atoms with van der Waals surface area (Å²) in [5, 5.41) is 3.93. The Kier molecular flexibility index (Phi) is 3.36. The van der Waals surface area contributed by atoms with Gasteiger partial charge in [0.25, 0.3) is 0 Å². The SMILES string of the molecule is CC(CN)c1nc(-c2cccc(Br)c2)no1. The quantitative estimate of drug-likeness (QED) is 0.939. The molecule has 5 heteroatoms. The van der Waals surface area contributed by atoms with E-state index in [0.29, 0.717) is 18.3 Å². The van der Waals surface area contributed by atoms with Gasteiger partial charge >= 0.3 is 0 Å². The third-order valence-corrected chi connectivity index (χ3v) is 2.79. The minimum atomic E-state index is 0.0911. The van der Waals surface area contributed by atoms with Gasteiger partial charge in [0.2, 0.25) is 11.7 Å². The minimum absolute atomic E-state index is 0.0911. The van der Waals surface area contributed by atoms with Gasteiger partial charge < -0.3 is 10.3 Å². The molecular weight excluding hydrogens is 270 g/mol. The molecule has 4 nitrogen and oxygen atoms in total. The van der Waals surface area contributed by atoms with Crippen LogP contribution in [0.15, 0.2) is 33.3 Å². The molecule has 16 heavy (non-hydrogen) atoms. The molecule has 0 bridgehead atoms. The van der Waals surface area contributed by atoms with Gasteiger partial charge in [-0.05, 0) is 12.1 Å². The predicted octanol–water partition coefficient (Wildman–Crippen LogP) is 2.56. The van der Waals surface area contributed by atoms with Crippen molar-refractivity contribution in [3.8, 4) is 11.4 Å². The van der Waals surface area contributed by atoms with Crippen LogP contribution < -0.4 is 5.73 Å². The average molecular weight is 282 g/mol. The van der Waals surface area contributed by atoms with E-state index < -0.39 is 0 Å². The first-order chi connectivity index (χ1) is 7.70. The largest absolute Gasteiger partial charge is 0.339 e. The third-order valence-electron chi connectivity index (χ3n) is 2.30. The van der Waals surface area contributed by atoms with E-state index in [9.17, 15) is 0 Å². The highest BCUT2D eigenvalue weighted by Crippen LogP contribution is 2.22. The maximum Gasteiger partial charge on any atom is 0.231 e. The maximum absolute atomic E-state index is 5.54. The highest BCUT2D eigenvalue weighted by atomic mass is 79.9. The lowest BCUT2D eigenvalue weighted by Gasteiger charge is -1.98. The van der Waals surface area contributed by atoms with Crippen LogP contribution in [0.3, 0.4) is 0 Å². The standard InChI is InChI=1S/C11H12BrN3O/c1-7(6-13)11-14-10(15-16-11)8-3-2-4-9(12)5-8/h2-5,7H,6,13H2,1H3. The van der Waals surface area contributed by atoms with E-state index in [1.165, 1.54) is 0 Å². The molecule has 0 saturated heterocycles. The Morgan fingerprint density at radius 3 is 3.00 bits per heavy atom. The maximum atomic E-state index is 5.54. The molecule has 2 aromatic rings. The van der Waals surface area contributed by atoms with E-state index in [4.69, 9.17) is 10.3 Å². The zero-order valence-electron chi connectivity index (χ0n) is 8.85. The molecule has 2 rings (SSSR count). The number of nitrogens with two attached hydrogens (primary N) is 1. The third kappa shape index (κ3) is 2.31. The van der Waals surface area contributed by atoms with Crippen molar-refractivity contribution >= 4 is 15.9 Å². The summed E-state index contributed by atoms with van der Waals surface area (Å²) in [5.74, 6) is 1.27. The summed E-state index contributed by atoms with van der Waals surface area (Å²) >= 11 is 3.40. The second-order valence-electron chi connectivity index (χ2n) is 3.60. The normalized spacial score (nSPS) is 12.7. The Morgan fingerprint density at radius 2 is 2.31 bits per heavy atom. The highest BCUT2D eigenvalue weighted by molar-refractivity contribution is 9.10. The monoisotopic (exact) mass is 281 g/mol. The molecule has 0 amide bonds. The van der Waals surface area contributed by atoms with Crippen molar-refractivity contribution in [1.29, 1.82) is 0 Å². The fraction of sp³-hybridized carbons (Fsp3) is 0.273. The van der Waals surface area contributed by atoms with E-state index in [2.05, 4.69) is 26.1 Å². The van der Waals surface area contributed by atoms with Crippen molar-refractivity contribution in [2.75, 3.05) is 6.54 Å². The Balaban J connectivity index is 2.31. The fourth-order valence-electron chi connectivity index (χ4n) is 1.28. The number of nitrogens with zero attached hydrogens (tertiary/aromatic N) is 2. The molecule has 0 spiro atoms. The lowest BCUT2D eigenvalue weighted by Crippen LogP contribution is -2.08. The highest BCUT2D eigenvalue weighted by Gasteiger charge is 2.13. The van der Waals surface area contributed by atoms with E-state index in [1.807, 2.05) is 31.2 Å². The van der Waals surface area contributed by atoms with Crippen LogP contribution in [0.5, 0.6) is 0 Å². The minimum Gasteiger partial charge on any atom is -0.339 e. The molecule has 0 saturated carbocycles. The van der Waals surface area contributed by atoms with Gasteiger partial charge in [-0.2, -0.15) is 4.98 Å². The van der Waals surface area contributed by atoms with Gasteiger partial charge in [-0.25, -0.2) is 0 Å². The number of halogens is 1. The molecule has 1 aromatic heterocycles. The summed E-state index contributed by atoms with van der Waals surface area (Å²) < 4.78 is 6.14. The molecule has 0 fully saturated rings. The summed E-state index contributed by atoms with van der Waals surface area (Å²) in [6.07, 6.45) is 0. The molecule has 1 heterocycles. The average Bonchev–Trinajstić information content (AvgIpc) is 2.77. The molecule has 84 valence electrons. The number of hydrogen-bond donors (Lipinski definition) is 1. The van der Waals surface area contributed by atoms with Crippen molar-refractivity contribution in [2.24, 2.45) is 5.73 Å². The first-order valence-electron chi connectivity index (χ1n) is 5.00. The molecule has 0 aliphatic rings. The van der Waals surface area contributed by atoms with Gasteiger partial charge in [0.05, 0.1) is 0 Å². The van der Waals surface area contributed by atoms with Crippen molar-refractivity contribution in [3.05, 3.63) is 34.6 Å². The molecule has 1 aromatic carbocycles.